The molecule has 0 nitrogen and oxygen atoms in total. The van der Waals surface area contributed by atoms with Crippen molar-refractivity contribution in [3.05, 3.63) is 23.8 Å². The summed E-state index contributed by atoms with van der Waals surface area (Å²) in [5.41, 5.74) is -0.183. The van der Waals surface area contributed by atoms with Gasteiger partial charge in [0, 0.05) is 11.3 Å². The molecule has 6 heteroatoms. The molecule has 0 atom stereocenters. The van der Waals surface area contributed by atoms with Gasteiger partial charge in [-0.3, -0.25) is 0 Å². The molecular weight excluding hydrogens is 247 g/mol. The average Bonchev–Trinajstić information content (AvgIpc) is 2.02. The molecule has 0 radical (unpaired) electrons. The smallest absolute Gasteiger partial charge is 0.445 e. The van der Waals surface area contributed by atoms with Crippen molar-refractivity contribution >= 4 is 25.1 Å². The Morgan fingerprint density at radius 2 is 1.87 bits per heavy atom. The summed E-state index contributed by atoms with van der Waals surface area (Å²) in [5, 5.41) is 0. The Kier molecular flexibility index (Phi) is 6.64. The predicted octanol–water partition coefficient (Wildman–Crippen LogP) is -0.791. The van der Waals surface area contributed by atoms with Crippen LogP contribution in [0.3, 0.4) is 0 Å². The second-order valence-electron chi connectivity index (χ2n) is 2.89. The van der Waals surface area contributed by atoms with Crippen molar-refractivity contribution in [3.63, 3.8) is 0 Å². The van der Waals surface area contributed by atoms with Gasteiger partial charge in [-0.1, -0.05) is 12.1 Å². The van der Waals surface area contributed by atoms with E-state index in [4.69, 9.17) is 6.42 Å². The van der Waals surface area contributed by atoms with Gasteiger partial charge < -0.3 is 12.9 Å². The van der Waals surface area contributed by atoms with Crippen LogP contribution in [0.2, 0.25) is 0 Å². The Morgan fingerprint density at radius 3 is 2.33 bits per heavy atom. The molecule has 1 aromatic carbocycles. The zero-order valence-electron chi connectivity index (χ0n) is 8.17. The molecule has 0 fully saturated rings. The van der Waals surface area contributed by atoms with Gasteiger partial charge in [0.25, 0.3) is 0 Å². The molecule has 0 heterocycles. The third-order valence-electron chi connectivity index (χ3n) is 1.68. The van der Waals surface area contributed by atoms with Crippen LogP contribution in [0.4, 0.5) is 12.9 Å². The third kappa shape index (κ3) is 4.98. The van der Waals surface area contributed by atoms with Crippen LogP contribution in [0.15, 0.2) is 23.1 Å². The monoisotopic (exact) mass is 254 g/mol. The average molecular weight is 254 g/mol. The molecule has 0 saturated heterocycles. The molecule has 0 aliphatic rings. The van der Waals surface area contributed by atoms with Crippen LogP contribution >= 0.6 is 12.6 Å². The van der Waals surface area contributed by atoms with Crippen molar-refractivity contribution in [2.75, 3.05) is 0 Å². The fraction of sp³-hybridized carbons (Fsp3) is 0.111. The maximum absolute atomic E-state index is 12.4. The predicted molar refractivity (Wildman–Crippen MR) is 54.9 cm³/mol. The number of rotatable bonds is 2. The minimum absolute atomic E-state index is 0. The van der Waals surface area contributed by atoms with Crippen LogP contribution in [-0.2, 0) is 6.42 Å². The molecule has 0 saturated carbocycles. The Balaban J connectivity index is 0.00000196. The molecule has 0 aliphatic carbocycles. The van der Waals surface area contributed by atoms with Crippen molar-refractivity contribution in [2.45, 2.75) is 11.3 Å². The van der Waals surface area contributed by atoms with Crippen molar-refractivity contribution in [1.29, 1.82) is 0 Å². The number of benzene rings is 1. The summed E-state index contributed by atoms with van der Waals surface area (Å²) in [5.74, 6) is 2.30. The summed E-state index contributed by atoms with van der Waals surface area (Å²) < 4.78 is 37.1. The van der Waals surface area contributed by atoms with Crippen LogP contribution in [-0.4, -0.2) is 6.98 Å². The molecule has 0 spiro atoms. The van der Waals surface area contributed by atoms with E-state index in [9.17, 15) is 12.9 Å². The van der Waals surface area contributed by atoms with Gasteiger partial charge in [0.15, 0.2) is 0 Å². The number of thiol groups is 1. The summed E-state index contributed by atoms with van der Waals surface area (Å²) in [6.07, 6.45) is 5.21. The molecule has 0 amide bonds. The van der Waals surface area contributed by atoms with E-state index >= 15 is 0 Å². The standard InChI is InChI=1S/C9H7BF3S.K/c1-2-3-7-4-8(10(11,12)13)6-9(14)5-7;/h1,4-6,14H,3H2;/q-1;+1. The van der Waals surface area contributed by atoms with Gasteiger partial charge in [-0.15, -0.1) is 30.4 Å². The van der Waals surface area contributed by atoms with Gasteiger partial charge in [0.05, 0.1) is 0 Å². The number of terminal acetylenes is 1. The molecule has 15 heavy (non-hydrogen) atoms. The second-order valence-corrected chi connectivity index (χ2v) is 3.40. The maximum Gasteiger partial charge on any atom is 1.00 e. The minimum Gasteiger partial charge on any atom is -0.445 e. The van der Waals surface area contributed by atoms with Crippen molar-refractivity contribution < 1.29 is 64.3 Å². The van der Waals surface area contributed by atoms with E-state index in [1.54, 1.807) is 0 Å². The third-order valence-corrected chi connectivity index (χ3v) is 1.94. The first kappa shape index (κ1) is 15.6. The zero-order valence-corrected chi connectivity index (χ0v) is 12.2. The summed E-state index contributed by atoms with van der Waals surface area (Å²) in [6.45, 7) is -4.97. The first-order chi connectivity index (χ1) is 6.43. The summed E-state index contributed by atoms with van der Waals surface area (Å²) >= 11 is 3.89. The van der Waals surface area contributed by atoms with Crippen molar-refractivity contribution in [3.8, 4) is 12.3 Å². The molecule has 1 rings (SSSR count). The molecule has 74 valence electrons. The van der Waals surface area contributed by atoms with Gasteiger partial charge in [0.1, 0.15) is 0 Å². The minimum atomic E-state index is -4.97. The molecular formula is C9H7BF3KS. The van der Waals surface area contributed by atoms with E-state index in [1.807, 2.05) is 0 Å². The Labute approximate surface area is 135 Å². The van der Waals surface area contributed by atoms with E-state index in [1.165, 1.54) is 6.07 Å². The maximum atomic E-state index is 12.4. The normalized spacial score (nSPS) is 10.3. The summed E-state index contributed by atoms with van der Waals surface area (Å²) in [4.78, 5) is 0.284. The van der Waals surface area contributed by atoms with Gasteiger partial charge in [-0.05, 0) is 11.6 Å². The van der Waals surface area contributed by atoms with Gasteiger partial charge in [-0.2, -0.15) is 0 Å². The Morgan fingerprint density at radius 1 is 1.27 bits per heavy atom. The number of halogens is 3. The van der Waals surface area contributed by atoms with E-state index in [2.05, 4.69) is 18.5 Å². The first-order valence-corrected chi connectivity index (χ1v) is 4.34. The topological polar surface area (TPSA) is 0 Å². The van der Waals surface area contributed by atoms with E-state index in [0.717, 1.165) is 12.1 Å². The molecule has 1 aromatic rings. The number of hydrogen-bond donors (Lipinski definition) is 1. The molecule has 0 aliphatic heterocycles. The van der Waals surface area contributed by atoms with Crippen LogP contribution < -0.4 is 56.8 Å². The zero-order chi connectivity index (χ0) is 10.8. The van der Waals surface area contributed by atoms with Gasteiger partial charge in [-0.25, -0.2) is 0 Å². The fourth-order valence-electron chi connectivity index (χ4n) is 1.11. The van der Waals surface area contributed by atoms with Gasteiger partial charge in [0.2, 0.25) is 0 Å². The van der Waals surface area contributed by atoms with Crippen LogP contribution in [0.25, 0.3) is 0 Å². The Hall–Kier alpha value is 0.621. The van der Waals surface area contributed by atoms with E-state index in [0.29, 0.717) is 5.56 Å². The van der Waals surface area contributed by atoms with Crippen molar-refractivity contribution in [1.82, 2.24) is 0 Å². The fourth-order valence-corrected chi connectivity index (χ4v) is 1.42. The summed E-state index contributed by atoms with van der Waals surface area (Å²) in [7, 11) is 0. The first-order valence-electron chi connectivity index (χ1n) is 3.89. The Bertz CT molecular complexity index is 384. The molecule has 0 aromatic heterocycles. The van der Waals surface area contributed by atoms with Crippen LogP contribution in [0, 0.1) is 12.3 Å². The quantitative estimate of drug-likeness (QED) is 0.399. The van der Waals surface area contributed by atoms with Crippen molar-refractivity contribution in [2.24, 2.45) is 0 Å². The molecule has 0 N–H and O–H groups in total. The van der Waals surface area contributed by atoms with E-state index < -0.39 is 12.4 Å². The SMILES string of the molecule is C#CCc1cc(S)cc([B-](F)(F)F)c1.[K+]. The molecule has 0 bridgehead atoms. The largest absolute Gasteiger partial charge is 1.00 e. The van der Waals surface area contributed by atoms with E-state index in [-0.39, 0.29) is 62.7 Å². The second kappa shape index (κ2) is 6.38. The van der Waals surface area contributed by atoms with Gasteiger partial charge >= 0.3 is 58.4 Å². The molecule has 0 unspecified atom stereocenters. The van der Waals surface area contributed by atoms with Crippen LogP contribution in [0.5, 0.6) is 0 Å². The summed E-state index contributed by atoms with van der Waals surface area (Å²) in [6, 6.07) is 3.61. The number of hydrogen-bond acceptors (Lipinski definition) is 1. The van der Waals surface area contributed by atoms with Crippen LogP contribution in [0.1, 0.15) is 5.56 Å².